The van der Waals surface area contributed by atoms with E-state index < -0.39 is 0 Å². The van der Waals surface area contributed by atoms with E-state index in [0.717, 1.165) is 42.3 Å². The molecule has 0 aliphatic carbocycles. The molecule has 1 aromatic carbocycles. The molecule has 0 amide bonds. The molecule has 2 nitrogen and oxygen atoms in total. The smallest absolute Gasteiger partial charge is 0.135 e. The van der Waals surface area contributed by atoms with Gasteiger partial charge in [0.25, 0.3) is 0 Å². The van der Waals surface area contributed by atoms with Gasteiger partial charge in [0.1, 0.15) is 11.3 Å². The minimum absolute atomic E-state index is 0.601. The van der Waals surface area contributed by atoms with Crippen LogP contribution in [0, 0.1) is 5.92 Å². The van der Waals surface area contributed by atoms with Crippen LogP contribution in [0.1, 0.15) is 30.7 Å². The summed E-state index contributed by atoms with van der Waals surface area (Å²) in [6.45, 7) is 6.47. The maximum absolute atomic E-state index is 6.38. The van der Waals surface area contributed by atoms with Gasteiger partial charge in [0, 0.05) is 35.5 Å². The molecule has 0 spiro atoms. The highest BCUT2D eigenvalue weighted by atomic mass is 35.5. The molecule has 102 valence electrons. The van der Waals surface area contributed by atoms with Crippen molar-refractivity contribution >= 4 is 22.6 Å². The quantitative estimate of drug-likeness (QED) is 0.815. The van der Waals surface area contributed by atoms with E-state index in [9.17, 15) is 0 Å². The Kier molecular flexibility index (Phi) is 3.32. The number of furan rings is 1. The van der Waals surface area contributed by atoms with E-state index in [0.29, 0.717) is 5.92 Å². The summed E-state index contributed by atoms with van der Waals surface area (Å²) in [7, 11) is 2.16. The van der Waals surface area contributed by atoms with Crippen LogP contribution in [0.25, 0.3) is 11.0 Å². The second-order valence-electron chi connectivity index (χ2n) is 5.99. The average Bonchev–Trinajstić information content (AvgIpc) is 2.55. The lowest BCUT2D eigenvalue weighted by molar-refractivity contribution is 0.331. The van der Waals surface area contributed by atoms with Crippen molar-refractivity contribution in [2.75, 3.05) is 13.6 Å². The molecule has 3 rings (SSSR count). The van der Waals surface area contributed by atoms with Crippen molar-refractivity contribution in [1.82, 2.24) is 4.90 Å². The fourth-order valence-corrected chi connectivity index (χ4v) is 3.20. The molecule has 3 heteroatoms. The Balaban J connectivity index is 2.24. The molecule has 1 aliphatic heterocycles. The van der Waals surface area contributed by atoms with Crippen LogP contribution in [-0.4, -0.2) is 18.5 Å². The summed E-state index contributed by atoms with van der Waals surface area (Å²) >= 11 is 6.38. The molecule has 0 bridgehead atoms. The molecule has 19 heavy (non-hydrogen) atoms. The fourth-order valence-electron chi connectivity index (χ4n) is 2.95. The van der Waals surface area contributed by atoms with Crippen molar-refractivity contribution in [2.24, 2.45) is 5.92 Å². The highest BCUT2D eigenvalue weighted by Crippen LogP contribution is 2.36. The van der Waals surface area contributed by atoms with E-state index in [1.807, 2.05) is 12.1 Å². The molecule has 0 unspecified atom stereocenters. The van der Waals surface area contributed by atoms with Gasteiger partial charge >= 0.3 is 0 Å². The number of nitrogens with zero attached hydrogens (tertiary/aromatic N) is 1. The van der Waals surface area contributed by atoms with Gasteiger partial charge in [-0.3, -0.25) is 0 Å². The van der Waals surface area contributed by atoms with Crippen molar-refractivity contribution < 1.29 is 4.42 Å². The van der Waals surface area contributed by atoms with Gasteiger partial charge in [-0.05, 0) is 37.1 Å². The zero-order chi connectivity index (χ0) is 13.6. The molecular formula is C16H20ClNO. The highest BCUT2D eigenvalue weighted by Gasteiger charge is 2.23. The van der Waals surface area contributed by atoms with Gasteiger partial charge in [0.15, 0.2) is 0 Å². The van der Waals surface area contributed by atoms with Crippen molar-refractivity contribution in [1.29, 1.82) is 0 Å². The maximum atomic E-state index is 6.38. The minimum Gasteiger partial charge on any atom is -0.461 e. The Morgan fingerprint density at radius 1 is 1.32 bits per heavy atom. The van der Waals surface area contributed by atoms with Gasteiger partial charge < -0.3 is 9.32 Å². The summed E-state index contributed by atoms with van der Waals surface area (Å²) in [6, 6.07) is 3.98. The number of hydrogen-bond donors (Lipinski definition) is 0. The monoisotopic (exact) mass is 277 g/mol. The molecule has 2 aromatic rings. The van der Waals surface area contributed by atoms with E-state index in [4.69, 9.17) is 16.0 Å². The van der Waals surface area contributed by atoms with Crippen LogP contribution in [0.5, 0.6) is 0 Å². The Morgan fingerprint density at radius 2 is 2.11 bits per heavy atom. The van der Waals surface area contributed by atoms with Crippen LogP contribution in [0.4, 0.5) is 0 Å². The summed E-state index contributed by atoms with van der Waals surface area (Å²) in [5.41, 5.74) is 3.61. The van der Waals surface area contributed by atoms with Crippen LogP contribution in [-0.2, 0) is 19.4 Å². The molecule has 1 aliphatic rings. The lowest BCUT2D eigenvalue weighted by Crippen LogP contribution is -2.19. The number of benzene rings is 1. The zero-order valence-corrected chi connectivity index (χ0v) is 12.5. The SMILES string of the molecule is CC(C)Cc1oc2ccc(Cl)c3c2c1CN(C)CC3. The molecular weight excluding hydrogens is 258 g/mol. The lowest BCUT2D eigenvalue weighted by atomic mass is 10.0. The third-order valence-electron chi connectivity index (χ3n) is 3.85. The van der Waals surface area contributed by atoms with Gasteiger partial charge in [0.05, 0.1) is 0 Å². The van der Waals surface area contributed by atoms with E-state index in [-0.39, 0.29) is 0 Å². The van der Waals surface area contributed by atoms with Crippen molar-refractivity contribution in [3.8, 4) is 0 Å². The lowest BCUT2D eigenvalue weighted by Gasteiger charge is -2.14. The molecule has 0 fully saturated rings. The van der Waals surface area contributed by atoms with Crippen LogP contribution in [0.2, 0.25) is 5.02 Å². The van der Waals surface area contributed by atoms with E-state index in [2.05, 4.69) is 25.8 Å². The molecule has 1 aromatic heterocycles. The Labute approximate surface area is 119 Å². The van der Waals surface area contributed by atoms with Crippen LogP contribution in [0.15, 0.2) is 16.5 Å². The molecule has 0 radical (unpaired) electrons. The summed E-state index contributed by atoms with van der Waals surface area (Å²) < 4.78 is 6.10. The van der Waals surface area contributed by atoms with Crippen LogP contribution in [0.3, 0.4) is 0 Å². The Bertz CT molecular complexity index is 615. The third kappa shape index (κ3) is 2.28. The van der Waals surface area contributed by atoms with Crippen LogP contribution >= 0.6 is 11.6 Å². The minimum atomic E-state index is 0.601. The van der Waals surface area contributed by atoms with Crippen molar-refractivity contribution in [3.63, 3.8) is 0 Å². The Hall–Kier alpha value is -0.990. The molecule has 0 N–H and O–H groups in total. The van der Waals surface area contributed by atoms with E-state index >= 15 is 0 Å². The highest BCUT2D eigenvalue weighted by molar-refractivity contribution is 6.32. The largest absolute Gasteiger partial charge is 0.461 e. The average molecular weight is 278 g/mol. The zero-order valence-electron chi connectivity index (χ0n) is 11.8. The first kappa shape index (κ1) is 13.0. The standard InChI is InChI=1S/C16H20ClNO/c1-10(2)8-15-12-9-18(3)7-6-11-13(17)4-5-14(19-15)16(11)12/h4-5,10H,6-9H2,1-3H3. The third-order valence-corrected chi connectivity index (χ3v) is 4.21. The van der Waals surface area contributed by atoms with Gasteiger partial charge in [0.2, 0.25) is 0 Å². The number of hydrogen-bond acceptors (Lipinski definition) is 2. The van der Waals surface area contributed by atoms with Gasteiger partial charge in [-0.25, -0.2) is 0 Å². The molecule has 2 heterocycles. The second-order valence-corrected chi connectivity index (χ2v) is 6.40. The molecule has 0 atom stereocenters. The van der Waals surface area contributed by atoms with Crippen molar-refractivity contribution in [3.05, 3.63) is 34.0 Å². The molecule has 0 saturated carbocycles. The summed E-state index contributed by atoms with van der Waals surface area (Å²) in [4.78, 5) is 2.35. The van der Waals surface area contributed by atoms with Gasteiger partial charge in [-0.15, -0.1) is 0 Å². The predicted molar refractivity (Wildman–Crippen MR) is 79.8 cm³/mol. The van der Waals surface area contributed by atoms with Gasteiger partial charge in [-0.1, -0.05) is 25.4 Å². The summed E-state index contributed by atoms with van der Waals surface area (Å²) in [6.07, 6.45) is 2.00. The topological polar surface area (TPSA) is 16.4 Å². The Morgan fingerprint density at radius 3 is 2.84 bits per heavy atom. The summed E-state index contributed by atoms with van der Waals surface area (Å²) in [5, 5.41) is 2.15. The first-order chi connectivity index (χ1) is 9.06. The maximum Gasteiger partial charge on any atom is 0.135 e. The first-order valence-electron chi connectivity index (χ1n) is 6.96. The second kappa shape index (κ2) is 4.84. The van der Waals surface area contributed by atoms with E-state index in [1.54, 1.807) is 0 Å². The van der Waals surface area contributed by atoms with Gasteiger partial charge in [-0.2, -0.15) is 0 Å². The van der Waals surface area contributed by atoms with Crippen LogP contribution < -0.4 is 0 Å². The molecule has 0 saturated heterocycles. The summed E-state index contributed by atoms with van der Waals surface area (Å²) in [5.74, 6) is 1.74. The predicted octanol–water partition coefficient (Wildman–Crippen LogP) is 4.27. The number of rotatable bonds is 2. The normalized spacial score (nSPS) is 16.3. The van der Waals surface area contributed by atoms with Crippen molar-refractivity contribution in [2.45, 2.75) is 33.2 Å². The first-order valence-corrected chi connectivity index (χ1v) is 7.34. The number of halogens is 1. The fraction of sp³-hybridized carbons (Fsp3) is 0.500. The van der Waals surface area contributed by atoms with E-state index in [1.165, 1.54) is 16.5 Å². The number of likely N-dealkylation sites (N-methyl/N-ethyl adjacent to an activating group) is 1.